The summed E-state index contributed by atoms with van der Waals surface area (Å²) < 4.78 is 10.6. The Morgan fingerprint density at radius 1 is 1.25 bits per heavy atom. The molecule has 1 aliphatic rings. The van der Waals surface area contributed by atoms with E-state index in [1.165, 1.54) is 0 Å². The van der Waals surface area contributed by atoms with E-state index in [1.807, 2.05) is 24.3 Å². The van der Waals surface area contributed by atoms with Gasteiger partial charge in [-0.05, 0) is 12.1 Å². The fraction of sp³-hybridized carbons (Fsp3) is 0.533. The molecule has 5 heteroatoms. The molecule has 1 aromatic carbocycles. The molecule has 0 aromatic heterocycles. The number of Topliss-reactive ketones (excluding diaryl/α,β-unsaturated/α-hetero) is 1. The van der Waals surface area contributed by atoms with Gasteiger partial charge in [-0.2, -0.15) is 0 Å². The number of nitrogens with zero attached hydrogens (tertiary/aromatic N) is 1. The predicted octanol–water partition coefficient (Wildman–Crippen LogP) is 0.800. The first-order valence-corrected chi connectivity index (χ1v) is 6.98. The van der Waals surface area contributed by atoms with E-state index < -0.39 is 0 Å². The molecule has 1 saturated heterocycles. The summed E-state index contributed by atoms with van der Waals surface area (Å²) in [6.45, 7) is 5.14. The highest BCUT2D eigenvalue weighted by Gasteiger charge is 2.17. The molecule has 1 aliphatic heterocycles. The molecule has 1 fully saturated rings. The summed E-state index contributed by atoms with van der Waals surface area (Å²) in [5, 5.41) is 3.28. The fourth-order valence-electron chi connectivity index (χ4n) is 2.22. The number of nitrogens with one attached hydrogen (secondary N) is 1. The van der Waals surface area contributed by atoms with Gasteiger partial charge in [-0.15, -0.1) is 0 Å². The molecule has 1 aromatic rings. The smallest absolute Gasteiger partial charge is 0.180 e. The Balaban J connectivity index is 1.97. The lowest BCUT2D eigenvalue weighted by molar-refractivity contribution is 0.0914. The molecule has 0 spiro atoms. The number of hydrogen-bond donors (Lipinski definition) is 1. The fourth-order valence-corrected chi connectivity index (χ4v) is 2.22. The van der Waals surface area contributed by atoms with Crippen LogP contribution in [0.3, 0.4) is 0 Å². The van der Waals surface area contributed by atoms with Gasteiger partial charge in [0.25, 0.3) is 0 Å². The summed E-state index contributed by atoms with van der Waals surface area (Å²) in [5.74, 6) is 0.754. The van der Waals surface area contributed by atoms with Gasteiger partial charge in [0, 0.05) is 33.3 Å². The van der Waals surface area contributed by atoms with Crippen molar-refractivity contribution in [2.24, 2.45) is 0 Å². The van der Waals surface area contributed by atoms with Crippen LogP contribution in [-0.2, 0) is 4.74 Å². The van der Waals surface area contributed by atoms with Crippen molar-refractivity contribution in [2.45, 2.75) is 0 Å². The molecule has 0 atom stereocenters. The minimum absolute atomic E-state index is 0.111. The molecule has 0 bridgehead atoms. The minimum atomic E-state index is 0.111. The summed E-state index contributed by atoms with van der Waals surface area (Å²) >= 11 is 0. The molecule has 2 rings (SSSR count). The Labute approximate surface area is 119 Å². The summed E-state index contributed by atoms with van der Waals surface area (Å²) in [4.78, 5) is 14.6. The standard InChI is InChI=1S/C15H22N2O3/c1-19-10-11-20-15-5-3-2-4-13(15)14(18)12-17-8-6-16-7-9-17/h2-5,16H,6-12H2,1H3. The van der Waals surface area contributed by atoms with E-state index in [9.17, 15) is 4.79 Å². The van der Waals surface area contributed by atoms with Gasteiger partial charge in [-0.3, -0.25) is 9.69 Å². The van der Waals surface area contributed by atoms with Crippen LogP contribution in [0.1, 0.15) is 10.4 Å². The Morgan fingerprint density at radius 2 is 2.00 bits per heavy atom. The van der Waals surface area contributed by atoms with E-state index in [4.69, 9.17) is 9.47 Å². The van der Waals surface area contributed by atoms with Crippen LogP contribution in [0, 0.1) is 0 Å². The van der Waals surface area contributed by atoms with Crippen LogP contribution in [0.15, 0.2) is 24.3 Å². The Hall–Kier alpha value is -1.43. The second-order valence-electron chi connectivity index (χ2n) is 4.79. The average molecular weight is 278 g/mol. The van der Waals surface area contributed by atoms with E-state index in [-0.39, 0.29) is 5.78 Å². The summed E-state index contributed by atoms with van der Waals surface area (Å²) in [5.41, 5.74) is 0.655. The van der Waals surface area contributed by atoms with Crippen molar-refractivity contribution in [2.75, 3.05) is 53.0 Å². The first kappa shape index (κ1) is 15.0. The van der Waals surface area contributed by atoms with Gasteiger partial charge < -0.3 is 14.8 Å². The van der Waals surface area contributed by atoms with E-state index in [1.54, 1.807) is 7.11 Å². The molecule has 0 aliphatic carbocycles. The Bertz CT molecular complexity index is 431. The van der Waals surface area contributed by atoms with Crippen molar-refractivity contribution in [3.8, 4) is 5.75 Å². The molecule has 0 radical (unpaired) electrons. The van der Waals surface area contributed by atoms with Gasteiger partial charge in [0.15, 0.2) is 5.78 Å². The zero-order chi connectivity index (χ0) is 14.2. The van der Waals surface area contributed by atoms with E-state index >= 15 is 0 Å². The molecule has 0 unspecified atom stereocenters. The van der Waals surface area contributed by atoms with Crippen molar-refractivity contribution >= 4 is 5.78 Å². The Kier molecular flexibility index (Phi) is 5.98. The van der Waals surface area contributed by atoms with Gasteiger partial charge in [0.1, 0.15) is 12.4 Å². The number of carbonyl (C=O) groups is 1. The van der Waals surface area contributed by atoms with Crippen LogP contribution in [0.2, 0.25) is 0 Å². The first-order chi connectivity index (χ1) is 9.81. The molecule has 110 valence electrons. The van der Waals surface area contributed by atoms with E-state index in [0.717, 1.165) is 26.2 Å². The van der Waals surface area contributed by atoms with E-state index in [2.05, 4.69) is 10.2 Å². The highest BCUT2D eigenvalue weighted by atomic mass is 16.5. The lowest BCUT2D eigenvalue weighted by Crippen LogP contribution is -2.45. The quantitative estimate of drug-likeness (QED) is 0.590. The third-order valence-electron chi connectivity index (χ3n) is 3.31. The van der Waals surface area contributed by atoms with Crippen LogP contribution in [0.25, 0.3) is 0 Å². The number of methoxy groups -OCH3 is 1. The predicted molar refractivity (Wildman–Crippen MR) is 77.5 cm³/mol. The molecule has 5 nitrogen and oxygen atoms in total. The lowest BCUT2D eigenvalue weighted by atomic mass is 10.1. The second kappa shape index (κ2) is 7.99. The van der Waals surface area contributed by atoms with Crippen molar-refractivity contribution in [3.05, 3.63) is 29.8 Å². The molecule has 0 saturated carbocycles. The molecule has 1 heterocycles. The van der Waals surface area contributed by atoms with E-state index in [0.29, 0.717) is 31.1 Å². The van der Waals surface area contributed by atoms with Crippen molar-refractivity contribution in [1.82, 2.24) is 10.2 Å². The molecule has 1 N–H and O–H groups in total. The summed E-state index contributed by atoms with van der Waals surface area (Å²) in [7, 11) is 1.63. The molecular weight excluding hydrogens is 256 g/mol. The van der Waals surface area contributed by atoms with Crippen molar-refractivity contribution < 1.29 is 14.3 Å². The zero-order valence-corrected chi connectivity index (χ0v) is 11.9. The minimum Gasteiger partial charge on any atom is -0.490 e. The topological polar surface area (TPSA) is 50.8 Å². The van der Waals surface area contributed by atoms with Crippen molar-refractivity contribution in [3.63, 3.8) is 0 Å². The van der Waals surface area contributed by atoms with Crippen LogP contribution in [-0.4, -0.2) is 63.7 Å². The highest BCUT2D eigenvalue weighted by molar-refractivity contribution is 6.00. The number of hydrogen-bond acceptors (Lipinski definition) is 5. The number of piperazine rings is 1. The van der Waals surface area contributed by atoms with Gasteiger partial charge in [-0.25, -0.2) is 0 Å². The molecule has 0 amide bonds. The van der Waals surface area contributed by atoms with Gasteiger partial charge in [0.2, 0.25) is 0 Å². The summed E-state index contributed by atoms with van der Waals surface area (Å²) in [6, 6.07) is 7.41. The first-order valence-electron chi connectivity index (χ1n) is 6.98. The number of benzene rings is 1. The second-order valence-corrected chi connectivity index (χ2v) is 4.79. The monoisotopic (exact) mass is 278 g/mol. The third-order valence-corrected chi connectivity index (χ3v) is 3.31. The van der Waals surface area contributed by atoms with Gasteiger partial charge in [0.05, 0.1) is 18.7 Å². The van der Waals surface area contributed by atoms with Gasteiger partial charge in [-0.1, -0.05) is 12.1 Å². The zero-order valence-electron chi connectivity index (χ0n) is 11.9. The SMILES string of the molecule is COCCOc1ccccc1C(=O)CN1CCNCC1. The van der Waals surface area contributed by atoms with Crippen LogP contribution in [0.5, 0.6) is 5.75 Å². The maximum absolute atomic E-state index is 12.4. The third kappa shape index (κ3) is 4.30. The number of ether oxygens (including phenoxy) is 2. The number of carbonyl (C=O) groups excluding carboxylic acids is 1. The molecular formula is C15H22N2O3. The summed E-state index contributed by atoms with van der Waals surface area (Å²) in [6.07, 6.45) is 0. The maximum Gasteiger partial charge on any atom is 0.180 e. The Morgan fingerprint density at radius 3 is 2.75 bits per heavy atom. The van der Waals surface area contributed by atoms with Gasteiger partial charge >= 0.3 is 0 Å². The maximum atomic E-state index is 12.4. The number of rotatable bonds is 7. The van der Waals surface area contributed by atoms with Crippen molar-refractivity contribution in [1.29, 1.82) is 0 Å². The van der Waals surface area contributed by atoms with Crippen LogP contribution < -0.4 is 10.1 Å². The number of para-hydroxylation sites is 1. The van der Waals surface area contributed by atoms with Crippen LogP contribution in [0.4, 0.5) is 0 Å². The van der Waals surface area contributed by atoms with Crippen LogP contribution >= 0.6 is 0 Å². The lowest BCUT2D eigenvalue weighted by Gasteiger charge is -2.26. The average Bonchev–Trinajstić information content (AvgIpc) is 2.49. The highest BCUT2D eigenvalue weighted by Crippen LogP contribution is 2.19. The molecule has 20 heavy (non-hydrogen) atoms. The largest absolute Gasteiger partial charge is 0.490 e. The number of ketones is 1. The normalized spacial score (nSPS) is 16.1.